The quantitative estimate of drug-likeness (QED) is 0.508. The van der Waals surface area contributed by atoms with E-state index in [2.05, 4.69) is 95.0 Å². The van der Waals surface area contributed by atoms with Crippen LogP contribution in [-0.2, 0) is 32.6 Å². The van der Waals surface area contributed by atoms with E-state index in [0.717, 1.165) is 18.3 Å². The maximum atomic E-state index is 2.51. The second-order valence-electron chi connectivity index (χ2n) is 9.03. The van der Waals surface area contributed by atoms with E-state index in [1.165, 1.54) is 11.1 Å². The average Bonchev–Trinajstić information content (AvgIpc) is 3.24. The molecule has 0 N–H and O–H groups in total. The van der Waals surface area contributed by atoms with Gasteiger partial charge in [-0.15, -0.1) is 0 Å². The third-order valence-electron chi connectivity index (χ3n) is 6.26. The van der Waals surface area contributed by atoms with Crippen LogP contribution in [0.25, 0.3) is 6.08 Å². The molecular weight excluding hydrogens is 511 g/mol. The van der Waals surface area contributed by atoms with E-state index in [0.29, 0.717) is 5.92 Å². The van der Waals surface area contributed by atoms with E-state index in [1.54, 1.807) is 20.6 Å². The third kappa shape index (κ3) is 4.70. The fourth-order valence-electron chi connectivity index (χ4n) is 4.65. The molecule has 0 aromatic heterocycles. The second-order valence-corrected chi connectivity index (χ2v) is 14.5. The van der Waals surface area contributed by atoms with Gasteiger partial charge in [0.15, 0.2) is 0 Å². The first-order chi connectivity index (χ1) is 12.3. The Labute approximate surface area is 213 Å². The van der Waals surface area contributed by atoms with Gasteiger partial charge in [-0.3, -0.25) is 0 Å². The van der Waals surface area contributed by atoms with Gasteiger partial charge in [-0.25, -0.2) is 0 Å². The van der Waals surface area contributed by atoms with Crippen molar-refractivity contribution in [3.8, 4) is 0 Å². The fourth-order valence-corrected chi connectivity index (χ4v) is 10.5. The zero-order chi connectivity index (χ0) is 18.6. The molecule has 29 heavy (non-hydrogen) atoms. The second kappa shape index (κ2) is 10.2. The molecule has 2 heterocycles. The van der Waals surface area contributed by atoms with Gasteiger partial charge >= 0.3 is 26.2 Å². The Balaban J connectivity index is 0.000000266. The van der Waals surface area contributed by atoms with Gasteiger partial charge < -0.3 is 24.8 Å². The van der Waals surface area contributed by atoms with E-state index in [-0.39, 0.29) is 51.0 Å². The third-order valence-corrected chi connectivity index (χ3v) is 11.8. The molecule has 1 saturated heterocycles. The number of allylic oxidation sites excluding steroid dienone is 7. The predicted octanol–water partition coefficient (Wildman–Crippen LogP) is 1.17. The minimum Gasteiger partial charge on any atom is -1.00 e. The van der Waals surface area contributed by atoms with Crippen LogP contribution in [0, 0.1) is 17.8 Å². The smallest absolute Gasteiger partial charge is 1.00 e. The SMILES string of the molecule is CC(C)C1=C2C3C(=CC=C3[Si]2(C)C)S1.CC(C)C1=Cc2ccccc2C1.[Cl-].[Cl-].[Zr+2]. The summed E-state index contributed by atoms with van der Waals surface area (Å²) in [6.45, 7) is 14.2. The van der Waals surface area contributed by atoms with Crippen LogP contribution in [0.1, 0.15) is 38.8 Å². The Kier molecular flexibility index (Phi) is 9.60. The maximum Gasteiger partial charge on any atom is 2.00 e. The molecule has 0 saturated carbocycles. The van der Waals surface area contributed by atoms with E-state index in [9.17, 15) is 0 Å². The molecule has 0 spiro atoms. The topological polar surface area (TPSA) is 0 Å². The Morgan fingerprint density at radius 2 is 1.62 bits per heavy atom. The minimum absolute atomic E-state index is 0. The van der Waals surface area contributed by atoms with Gasteiger partial charge in [-0.2, -0.15) is 0 Å². The number of thioether (sulfide) groups is 1. The standard InChI is InChI=1S/C12H16SSi.C12H14.2ClH.Zr/c1-7(2)11-12-10-8(13-11)5-6-9(10)14(12,3)4;1-9(2)12-7-10-5-3-4-6-11(10)8-12;;;/h5-7,10H,1-4H3;3-7,9H,8H2,1-2H3;2*1H;/q;;;;+2/p-2. The first kappa shape index (κ1) is 27.2. The number of rotatable bonds is 2. The van der Waals surface area contributed by atoms with Crippen molar-refractivity contribution in [2.24, 2.45) is 17.8 Å². The number of fused-ring (bicyclic) bond motifs is 1. The molecule has 0 bridgehead atoms. The molecule has 2 aliphatic heterocycles. The van der Waals surface area contributed by atoms with E-state index >= 15 is 0 Å². The molecule has 1 fully saturated rings. The number of hydrogen-bond acceptors (Lipinski definition) is 1. The van der Waals surface area contributed by atoms with Crippen molar-refractivity contribution in [1.29, 1.82) is 0 Å². The van der Waals surface area contributed by atoms with Crippen molar-refractivity contribution >= 4 is 25.9 Å². The summed E-state index contributed by atoms with van der Waals surface area (Å²) < 4.78 is 0. The molecule has 2 aliphatic carbocycles. The zero-order valence-electron chi connectivity index (χ0n) is 18.1. The van der Waals surface area contributed by atoms with Gasteiger partial charge in [-0.05, 0) is 39.2 Å². The number of hydrogen-bond donors (Lipinski definition) is 0. The van der Waals surface area contributed by atoms with Gasteiger partial charge in [0.25, 0.3) is 0 Å². The molecule has 5 heteroatoms. The monoisotopic (exact) mass is 538 g/mol. The Morgan fingerprint density at radius 3 is 2.21 bits per heavy atom. The molecule has 0 amide bonds. The molecule has 154 valence electrons. The minimum atomic E-state index is -1.13. The molecule has 4 aliphatic rings. The van der Waals surface area contributed by atoms with Gasteiger partial charge in [0.05, 0.1) is 0 Å². The summed E-state index contributed by atoms with van der Waals surface area (Å²) in [5.41, 5.74) is 4.47. The molecule has 1 atom stereocenters. The van der Waals surface area contributed by atoms with Crippen LogP contribution in [-0.4, -0.2) is 8.07 Å². The van der Waals surface area contributed by atoms with Gasteiger partial charge in [0, 0.05) is 5.92 Å². The molecule has 0 radical (unpaired) electrons. The summed E-state index contributed by atoms with van der Waals surface area (Å²) in [5.74, 6) is 2.20. The van der Waals surface area contributed by atoms with Crippen molar-refractivity contribution in [2.75, 3.05) is 0 Å². The van der Waals surface area contributed by atoms with Crippen LogP contribution in [0.5, 0.6) is 0 Å². The van der Waals surface area contributed by atoms with E-state index in [4.69, 9.17) is 0 Å². The molecular formula is C24H30Cl2SSiZr. The van der Waals surface area contributed by atoms with Crippen molar-refractivity contribution in [1.82, 2.24) is 0 Å². The molecule has 1 unspecified atom stereocenters. The van der Waals surface area contributed by atoms with Crippen LogP contribution in [0.15, 0.2) is 62.2 Å². The summed E-state index contributed by atoms with van der Waals surface area (Å²) in [6, 6.07) is 8.65. The summed E-state index contributed by atoms with van der Waals surface area (Å²) in [7, 11) is -1.13. The summed E-state index contributed by atoms with van der Waals surface area (Å²) in [5, 5.41) is 3.64. The van der Waals surface area contributed by atoms with Crippen molar-refractivity contribution in [3.63, 3.8) is 0 Å². The van der Waals surface area contributed by atoms with E-state index in [1.807, 2.05) is 5.20 Å². The van der Waals surface area contributed by atoms with Crippen LogP contribution >= 0.6 is 11.8 Å². The van der Waals surface area contributed by atoms with Crippen LogP contribution in [0.4, 0.5) is 0 Å². The largest absolute Gasteiger partial charge is 2.00 e. The van der Waals surface area contributed by atoms with Crippen LogP contribution in [0.2, 0.25) is 13.1 Å². The Morgan fingerprint density at radius 1 is 0.966 bits per heavy atom. The zero-order valence-corrected chi connectivity index (χ0v) is 23.9. The van der Waals surface area contributed by atoms with Gasteiger partial charge in [0.1, 0.15) is 8.07 Å². The van der Waals surface area contributed by atoms with Crippen LogP contribution in [0.3, 0.4) is 0 Å². The summed E-state index contributed by atoms with van der Waals surface area (Å²) >= 11 is 2.06. The molecule has 5 rings (SSSR count). The predicted molar refractivity (Wildman–Crippen MR) is 120 cm³/mol. The molecule has 0 nitrogen and oxygen atoms in total. The normalized spacial score (nSPS) is 21.4. The summed E-state index contributed by atoms with van der Waals surface area (Å²) in [6.07, 6.45) is 8.26. The number of benzene rings is 1. The molecule has 1 aromatic carbocycles. The van der Waals surface area contributed by atoms with Gasteiger partial charge in [-0.1, -0.05) is 111 Å². The van der Waals surface area contributed by atoms with Crippen molar-refractivity contribution in [2.45, 2.75) is 47.2 Å². The Bertz CT molecular complexity index is 894. The molecule has 1 aromatic rings. The first-order valence-corrected chi connectivity index (χ1v) is 13.8. The average molecular weight is 541 g/mol. The first-order valence-electron chi connectivity index (χ1n) is 9.93. The van der Waals surface area contributed by atoms with Crippen molar-refractivity contribution < 1.29 is 51.0 Å². The summed E-state index contributed by atoms with van der Waals surface area (Å²) in [4.78, 5) is 3.32. The van der Waals surface area contributed by atoms with Gasteiger partial charge in [0.2, 0.25) is 0 Å². The number of halogens is 2. The maximum absolute atomic E-state index is 2.51. The van der Waals surface area contributed by atoms with E-state index < -0.39 is 8.07 Å². The Hall–Kier alpha value is 0.210. The fraction of sp³-hybridized carbons (Fsp3) is 0.417. The van der Waals surface area contributed by atoms with Crippen molar-refractivity contribution in [3.05, 3.63) is 73.3 Å². The van der Waals surface area contributed by atoms with Crippen LogP contribution < -0.4 is 24.8 Å².